The third-order valence-corrected chi connectivity index (χ3v) is 2.94. The van der Waals surface area contributed by atoms with Gasteiger partial charge in [-0.2, -0.15) is 0 Å². The monoisotopic (exact) mass is 269 g/mol. The lowest BCUT2D eigenvalue weighted by Crippen LogP contribution is -2.50. The molecule has 0 aromatic heterocycles. The maximum atomic E-state index is 13.6. The Kier molecular flexibility index (Phi) is 3.64. The molecule has 5 nitrogen and oxygen atoms in total. The number of carbonyl (C=O) groups is 2. The SMILES string of the molecule is Nc1ccc(F)c(C(=O)NC2CCCNC2=O)c1F. The predicted octanol–water partition coefficient (Wildman–Crippen LogP) is 0.555. The number of hydrogen-bond donors (Lipinski definition) is 3. The number of nitrogens with one attached hydrogen (secondary N) is 2. The van der Waals surface area contributed by atoms with Gasteiger partial charge in [0.1, 0.15) is 17.4 Å². The maximum absolute atomic E-state index is 13.6. The van der Waals surface area contributed by atoms with Gasteiger partial charge in [0.05, 0.1) is 5.69 Å². The molecule has 1 aliphatic heterocycles. The van der Waals surface area contributed by atoms with Crippen LogP contribution in [0, 0.1) is 11.6 Å². The van der Waals surface area contributed by atoms with Gasteiger partial charge in [-0.3, -0.25) is 9.59 Å². The first kappa shape index (κ1) is 13.3. The van der Waals surface area contributed by atoms with Crippen LogP contribution < -0.4 is 16.4 Å². The Hall–Kier alpha value is -2.18. The largest absolute Gasteiger partial charge is 0.396 e. The van der Waals surface area contributed by atoms with Crippen molar-refractivity contribution in [1.82, 2.24) is 10.6 Å². The highest BCUT2D eigenvalue weighted by Gasteiger charge is 2.27. The normalized spacial score (nSPS) is 18.8. The van der Waals surface area contributed by atoms with E-state index in [-0.39, 0.29) is 11.6 Å². The number of rotatable bonds is 2. The summed E-state index contributed by atoms with van der Waals surface area (Å²) in [7, 11) is 0. The average molecular weight is 269 g/mol. The Morgan fingerprint density at radius 2 is 2.16 bits per heavy atom. The smallest absolute Gasteiger partial charge is 0.257 e. The summed E-state index contributed by atoms with van der Waals surface area (Å²) in [6.45, 7) is 0.534. The van der Waals surface area contributed by atoms with Gasteiger partial charge in [0.15, 0.2) is 5.82 Å². The molecule has 7 heteroatoms. The Morgan fingerprint density at radius 1 is 1.42 bits per heavy atom. The van der Waals surface area contributed by atoms with Gasteiger partial charge in [0.2, 0.25) is 5.91 Å². The van der Waals surface area contributed by atoms with Crippen LogP contribution >= 0.6 is 0 Å². The summed E-state index contributed by atoms with van der Waals surface area (Å²) in [5.74, 6) is -3.47. The van der Waals surface area contributed by atoms with Gasteiger partial charge in [-0.15, -0.1) is 0 Å². The number of nitrogens with two attached hydrogens (primary N) is 1. The van der Waals surface area contributed by atoms with Crippen LogP contribution in [-0.4, -0.2) is 24.4 Å². The molecule has 4 N–H and O–H groups in total. The van der Waals surface area contributed by atoms with E-state index in [0.29, 0.717) is 19.4 Å². The number of carbonyl (C=O) groups excluding carboxylic acids is 2. The molecule has 0 radical (unpaired) electrons. The van der Waals surface area contributed by atoms with Crippen molar-refractivity contribution >= 4 is 17.5 Å². The fourth-order valence-electron chi connectivity index (χ4n) is 1.92. The summed E-state index contributed by atoms with van der Waals surface area (Å²) in [6, 6.07) is 1.17. The van der Waals surface area contributed by atoms with Crippen molar-refractivity contribution in [2.45, 2.75) is 18.9 Å². The summed E-state index contributed by atoms with van der Waals surface area (Å²) in [6.07, 6.45) is 1.13. The van der Waals surface area contributed by atoms with Crippen LogP contribution in [-0.2, 0) is 4.79 Å². The molecule has 1 saturated heterocycles. The van der Waals surface area contributed by atoms with E-state index in [2.05, 4.69) is 10.6 Å². The molecule has 2 amide bonds. The molecule has 102 valence electrons. The van der Waals surface area contributed by atoms with Crippen LogP contribution in [0.1, 0.15) is 23.2 Å². The molecule has 1 aromatic carbocycles. The van der Waals surface area contributed by atoms with Crippen molar-refractivity contribution in [3.8, 4) is 0 Å². The van der Waals surface area contributed by atoms with Crippen LogP contribution in [0.25, 0.3) is 0 Å². The first-order valence-electron chi connectivity index (χ1n) is 5.82. The number of amides is 2. The third-order valence-electron chi connectivity index (χ3n) is 2.94. The lowest BCUT2D eigenvalue weighted by atomic mass is 10.1. The number of benzene rings is 1. The average Bonchev–Trinajstić information content (AvgIpc) is 2.37. The molecule has 0 saturated carbocycles. The highest BCUT2D eigenvalue weighted by atomic mass is 19.1. The van der Waals surface area contributed by atoms with Gasteiger partial charge in [-0.1, -0.05) is 0 Å². The zero-order valence-corrected chi connectivity index (χ0v) is 10.0. The summed E-state index contributed by atoms with van der Waals surface area (Å²) in [4.78, 5) is 23.3. The number of hydrogen-bond acceptors (Lipinski definition) is 3. The van der Waals surface area contributed by atoms with E-state index in [0.717, 1.165) is 12.1 Å². The Labute approximate surface area is 108 Å². The van der Waals surface area contributed by atoms with Crippen molar-refractivity contribution in [1.29, 1.82) is 0 Å². The number of anilines is 1. The second-order valence-corrected chi connectivity index (χ2v) is 4.28. The molecular weight excluding hydrogens is 256 g/mol. The molecule has 0 bridgehead atoms. The van der Waals surface area contributed by atoms with Crippen molar-refractivity contribution in [3.63, 3.8) is 0 Å². The first-order chi connectivity index (χ1) is 9.00. The molecule has 1 unspecified atom stereocenters. The number of nitrogen functional groups attached to an aromatic ring is 1. The molecule has 1 fully saturated rings. The van der Waals surface area contributed by atoms with Crippen LogP contribution in [0.3, 0.4) is 0 Å². The topological polar surface area (TPSA) is 84.2 Å². The molecule has 1 heterocycles. The minimum Gasteiger partial charge on any atom is -0.396 e. The van der Waals surface area contributed by atoms with E-state index in [9.17, 15) is 18.4 Å². The predicted molar refractivity (Wildman–Crippen MR) is 64.3 cm³/mol. The summed E-state index contributed by atoms with van der Waals surface area (Å²) in [5.41, 5.74) is 4.20. The molecule has 0 aliphatic carbocycles. The van der Waals surface area contributed by atoms with E-state index in [1.165, 1.54) is 0 Å². The van der Waals surface area contributed by atoms with E-state index in [1.807, 2.05) is 0 Å². The second-order valence-electron chi connectivity index (χ2n) is 4.28. The maximum Gasteiger partial charge on any atom is 0.257 e. The summed E-state index contributed by atoms with van der Waals surface area (Å²) >= 11 is 0. The lowest BCUT2D eigenvalue weighted by molar-refractivity contribution is -0.124. The van der Waals surface area contributed by atoms with Crippen LogP contribution in [0.5, 0.6) is 0 Å². The third kappa shape index (κ3) is 2.64. The fourth-order valence-corrected chi connectivity index (χ4v) is 1.92. The molecule has 2 rings (SSSR count). The van der Waals surface area contributed by atoms with Crippen LogP contribution in [0.2, 0.25) is 0 Å². The molecular formula is C12H13F2N3O2. The number of halogens is 2. The standard InChI is InChI=1S/C12H13F2N3O2/c13-6-3-4-7(15)10(14)9(6)12(19)17-8-2-1-5-16-11(8)18/h3-4,8H,1-2,5,15H2,(H,16,18)(H,17,19). The Morgan fingerprint density at radius 3 is 2.84 bits per heavy atom. The van der Waals surface area contributed by atoms with Gasteiger partial charge < -0.3 is 16.4 Å². The van der Waals surface area contributed by atoms with Gasteiger partial charge >= 0.3 is 0 Å². The molecule has 19 heavy (non-hydrogen) atoms. The van der Waals surface area contributed by atoms with E-state index >= 15 is 0 Å². The first-order valence-corrected chi connectivity index (χ1v) is 5.82. The second kappa shape index (κ2) is 5.21. The minimum absolute atomic E-state index is 0.320. The van der Waals surface area contributed by atoms with Gasteiger partial charge in [0, 0.05) is 6.54 Å². The van der Waals surface area contributed by atoms with Crippen LogP contribution in [0.4, 0.5) is 14.5 Å². The van der Waals surface area contributed by atoms with E-state index in [1.54, 1.807) is 0 Å². The molecule has 1 aliphatic rings. The van der Waals surface area contributed by atoms with E-state index in [4.69, 9.17) is 5.73 Å². The Bertz CT molecular complexity index is 534. The van der Waals surface area contributed by atoms with E-state index < -0.39 is 29.1 Å². The fraction of sp³-hybridized carbons (Fsp3) is 0.333. The quantitative estimate of drug-likeness (QED) is 0.686. The molecule has 1 atom stereocenters. The zero-order valence-electron chi connectivity index (χ0n) is 10.0. The van der Waals surface area contributed by atoms with Gasteiger partial charge in [-0.25, -0.2) is 8.78 Å². The summed E-state index contributed by atoms with van der Waals surface area (Å²) in [5, 5.41) is 4.87. The highest BCUT2D eigenvalue weighted by molar-refractivity contribution is 5.98. The zero-order chi connectivity index (χ0) is 14.0. The minimum atomic E-state index is -1.12. The Balaban J connectivity index is 2.20. The van der Waals surface area contributed by atoms with Gasteiger partial charge in [-0.05, 0) is 25.0 Å². The number of piperidine rings is 1. The highest BCUT2D eigenvalue weighted by Crippen LogP contribution is 2.19. The van der Waals surface area contributed by atoms with Crippen molar-refractivity contribution in [2.24, 2.45) is 0 Å². The van der Waals surface area contributed by atoms with Crippen molar-refractivity contribution < 1.29 is 18.4 Å². The van der Waals surface area contributed by atoms with Crippen molar-refractivity contribution in [2.75, 3.05) is 12.3 Å². The van der Waals surface area contributed by atoms with Gasteiger partial charge in [0.25, 0.3) is 5.91 Å². The van der Waals surface area contributed by atoms with Crippen molar-refractivity contribution in [3.05, 3.63) is 29.3 Å². The molecule has 0 spiro atoms. The van der Waals surface area contributed by atoms with Crippen LogP contribution in [0.15, 0.2) is 12.1 Å². The lowest BCUT2D eigenvalue weighted by Gasteiger charge is -2.23. The summed E-state index contributed by atoms with van der Waals surface area (Å²) < 4.78 is 27.1. The molecule has 1 aromatic rings.